The number of likely N-dealkylation sites (tertiary alicyclic amines) is 1. The van der Waals surface area contributed by atoms with E-state index in [1.807, 2.05) is 11.3 Å². The molecule has 0 radical (unpaired) electrons. The van der Waals surface area contributed by atoms with Gasteiger partial charge in [0.1, 0.15) is 0 Å². The summed E-state index contributed by atoms with van der Waals surface area (Å²) >= 11 is 1.95. The lowest BCUT2D eigenvalue weighted by molar-refractivity contribution is 0.155. The van der Waals surface area contributed by atoms with Crippen molar-refractivity contribution in [3.05, 3.63) is 21.9 Å². The van der Waals surface area contributed by atoms with Crippen LogP contribution in [0.4, 0.5) is 0 Å². The Morgan fingerprint density at radius 3 is 2.79 bits per heavy atom. The molecule has 19 heavy (non-hydrogen) atoms. The molecule has 2 aliphatic rings. The molecule has 1 fully saturated rings. The van der Waals surface area contributed by atoms with Crippen molar-refractivity contribution in [2.24, 2.45) is 0 Å². The highest BCUT2D eigenvalue weighted by Crippen LogP contribution is 2.34. The van der Waals surface area contributed by atoms with Gasteiger partial charge in [-0.2, -0.15) is 0 Å². The summed E-state index contributed by atoms with van der Waals surface area (Å²) in [6.07, 6.45) is 6.61. The largest absolute Gasteiger partial charge is 0.307 e. The second kappa shape index (κ2) is 5.94. The van der Waals surface area contributed by atoms with Crippen LogP contribution in [0.2, 0.25) is 0 Å². The van der Waals surface area contributed by atoms with Crippen molar-refractivity contribution in [1.82, 2.24) is 10.2 Å². The van der Waals surface area contributed by atoms with E-state index in [0.29, 0.717) is 12.1 Å². The fourth-order valence-corrected chi connectivity index (χ4v) is 4.51. The SMILES string of the molecule is CC(C)N1CCC(NC2CCCc3sccc32)CC1. The lowest BCUT2D eigenvalue weighted by Gasteiger charge is -2.37. The van der Waals surface area contributed by atoms with Crippen molar-refractivity contribution < 1.29 is 0 Å². The van der Waals surface area contributed by atoms with Gasteiger partial charge in [0.05, 0.1) is 0 Å². The molecule has 3 rings (SSSR count). The number of hydrogen-bond donors (Lipinski definition) is 1. The number of nitrogens with one attached hydrogen (secondary N) is 1. The summed E-state index contributed by atoms with van der Waals surface area (Å²) in [6.45, 7) is 7.15. The second-order valence-corrected chi connectivity index (χ2v) is 7.32. The lowest BCUT2D eigenvalue weighted by Crippen LogP contribution is -2.46. The predicted octanol–water partition coefficient (Wildman–Crippen LogP) is 3.59. The zero-order valence-corrected chi connectivity index (χ0v) is 13.0. The van der Waals surface area contributed by atoms with Gasteiger partial charge in [-0.05, 0) is 76.1 Å². The highest BCUT2D eigenvalue weighted by atomic mass is 32.1. The number of piperidine rings is 1. The van der Waals surface area contributed by atoms with E-state index >= 15 is 0 Å². The van der Waals surface area contributed by atoms with Gasteiger partial charge < -0.3 is 10.2 Å². The van der Waals surface area contributed by atoms with E-state index in [1.165, 1.54) is 45.2 Å². The molecule has 1 saturated heterocycles. The Labute approximate surface area is 121 Å². The fourth-order valence-electron chi connectivity index (χ4n) is 3.53. The first kappa shape index (κ1) is 13.6. The smallest absolute Gasteiger partial charge is 0.0333 e. The Hall–Kier alpha value is -0.380. The molecule has 0 spiro atoms. The molecule has 1 aliphatic carbocycles. The first-order chi connectivity index (χ1) is 9.24. The molecule has 1 aromatic heterocycles. The zero-order chi connectivity index (χ0) is 13.2. The van der Waals surface area contributed by atoms with E-state index in [-0.39, 0.29) is 0 Å². The third kappa shape index (κ3) is 3.04. The van der Waals surface area contributed by atoms with Crippen LogP contribution >= 0.6 is 11.3 Å². The molecule has 0 amide bonds. The van der Waals surface area contributed by atoms with Crippen LogP contribution in [0, 0.1) is 0 Å². The number of hydrogen-bond acceptors (Lipinski definition) is 3. The highest BCUT2D eigenvalue weighted by molar-refractivity contribution is 7.10. The number of fused-ring (bicyclic) bond motifs is 1. The van der Waals surface area contributed by atoms with Gasteiger partial charge in [0.2, 0.25) is 0 Å². The molecule has 1 atom stereocenters. The summed E-state index contributed by atoms with van der Waals surface area (Å²) in [6, 6.07) is 4.41. The normalized spacial score (nSPS) is 25.7. The monoisotopic (exact) mass is 278 g/mol. The summed E-state index contributed by atoms with van der Waals surface area (Å²) in [5.41, 5.74) is 1.60. The average Bonchev–Trinajstić information content (AvgIpc) is 2.89. The Morgan fingerprint density at radius 2 is 2.05 bits per heavy atom. The topological polar surface area (TPSA) is 15.3 Å². The first-order valence-electron chi connectivity index (χ1n) is 7.80. The molecule has 1 aliphatic heterocycles. The first-order valence-corrected chi connectivity index (χ1v) is 8.68. The molecule has 0 bridgehead atoms. The van der Waals surface area contributed by atoms with Gasteiger partial charge in [0, 0.05) is 23.0 Å². The van der Waals surface area contributed by atoms with Gasteiger partial charge in [0.15, 0.2) is 0 Å². The van der Waals surface area contributed by atoms with E-state index in [2.05, 4.69) is 35.5 Å². The van der Waals surface area contributed by atoms with Gasteiger partial charge in [-0.1, -0.05) is 0 Å². The van der Waals surface area contributed by atoms with Crippen molar-refractivity contribution in [3.63, 3.8) is 0 Å². The Bertz CT molecular complexity index is 405. The maximum absolute atomic E-state index is 3.94. The van der Waals surface area contributed by atoms with Crippen molar-refractivity contribution in [2.45, 2.75) is 64.1 Å². The van der Waals surface area contributed by atoms with Crippen LogP contribution in [0.3, 0.4) is 0 Å². The molecule has 2 nitrogen and oxygen atoms in total. The van der Waals surface area contributed by atoms with Crippen LogP contribution in [0.5, 0.6) is 0 Å². The quantitative estimate of drug-likeness (QED) is 0.909. The molecule has 0 aromatic carbocycles. The maximum Gasteiger partial charge on any atom is 0.0333 e. The van der Waals surface area contributed by atoms with Gasteiger partial charge in [-0.15, -0.1) is 11.3 Å². The third-order valence-electron chi connectivity index (χ3n) is 4.75. The number of aryl methyl sites for hydroxylation is 1. The molecule has 1 N–H and O–H groups in total. The number of thiophene rings is 1. The highest BCUT2D eigenvalue weighted by Gasteiger charge is 2.26. The predicted molar refractivity (Wildman–Crippen MR) is 82.9 cm³/mol. The molecule has 2 heterocycles. The summed E-state index contributed by atoms with van der Waals surface area (Å²) < 4.78 is 0. The number of nitrogens with zero attached hydrogens (tertiary/aromatic N) is 1. The van der Waals surface area contributed by atoms with E-state index in [0.717, 1.165) is 6.04 Å². The van der Waals surface area contributed by atoms with Gasteiger partial charge in [-0.25, -0.2) is 0 Å². The maximum atomic E-state index is 3.94. The van der Waals surface area contributed by atoms with E-state index in [9.17, 15) is 0 Å². The van der Waals surface area contributed by atoms with Crippen molar-refractivity contribution in [3.8, 4) is 0 Å². The minimum Gasteiger partial charge on any atom is -0.307 e. The van der Waals surface area contributed by atoms with Gasteiger partial charge >= 0.3 is 0 Å². The Morgan fingerprint density at radius 1 is 1.26 bits per heavy atom. The van der Waals surface area contributed by atoms with Crippen molar-refractivity contribution in [1.29, 1.82) is 0 Å². The van der Waals surface area contributed by atoms with Crippen molar-refractivity contribution in [2.75, 3.05) is 13.1 Å². The van der Waals surface area contributed by atoms with E-state index in [4.69, 9.17) is 0 Å². The lowest BCUT2D eigenvalue weighted by atomic mass is 9.92. The Balaban J connectivity index is 1.56. The van der Waals surface area contributed by atoms with Crippen molar-refractivity contribution >= 4 is 11.3 Å². The average molecular weight is 278 g/mol. The van der Waals surface area contributed by atoms with Crippen LogP contribution in [0.15, 0.2) is 11.4 Å². The third-order valence-corrected chi connectivity index (χ3v) is 5.75. The van der Waals surface area contributed by atoms with E-state index < -0.39 is 0 Å². The molecule has 3 heteroatoms. The standard InChI is InChI=1S/C16H26N2S/c1-12(2)18-9-6-13(7-10-18)17-15-4-3-5-16-14(15)8-11-19-16/h8,11-13,15,17H,3-7,9-10H2,1-2H3. The summed E-state index contributed by atoms with van der Waals surface area (Å²) in [5, 5.41) is 6.21. The second-order valence-electron chi connectivity index (χ2n) is 6.31. The van der Waals surface area contributed by atoms with Crippen LogP contribution in [0.1, 0.15) is 56.0 Å². The number of rotatable bonds is 3. The van der Waals surface area contributed by atoms with Crippen LogP contribution in [0.25, 0.3) is 0 Å². The molecule has 1 aromatic rings. The molecular formula is C16H26N2S. The van der Waals surface area contributed by atoms with Crippen LogP contribution < -0.4 is 5.32 Å². The Kier molecular flexibility index (Phi) is 4.25. The molecule has 1 unspecified atom stereocenters. The summed E-state index contributed by atoms with van der Waals surface area (Å²) in [5.74, 6) is 0. The molecule has 106 valence electrons. The molecule has 0 saturated carbocycles. The van der Waals surface area contributed by atoms with Crippen LogP contribution in [-0.4, -0.2) is 30.1 Å². The zero-order valence-electron chi connectivity index (χ0n) is 12.2. The van der Waals surface area contributed by atoms with Gasteiger partial charge in [0.25, 0.3) is 0 Å². The van der Waals surface area contributed by atoms with Gasteiger partial charge in [-0.3, -0.25) is 0 Å². The summed E-state index contributed by atoms with van der Waals surface area (Å²) in [4.78, 5) is 4.23. The fraction of sp³-hybridized carbons (Fsp3) is 0.750. The minimum atomic E-state index is 0.630. The van der Waals surface area contributed by atoms with E-state index in [1.54, 1.807) is 10.4 Å². The molecular weight excluding hydrogens is 252 g/mol. The van der Waals surface area contributed by atoms with Crippen LogP contribution in [-0.2, 0) is 6.42 Å². The summed E-state index contributed by atoms with van der Waals surface area (Å²) in [7, 11) is 0. The minimum absolute atomic E-state index is 0.630.